The number of hydrogen-bond donors (Lipinski definition) is 1. The van der Waals surface area contributed by atoms with Gasteiger partial charge in [-0.05, 0) is 74.7 Å². The Labute approximate surface area is 214 Å². The van der Waals surface area contributed by atoms with Crippen molar-refractivity contribution in [2.24, 2.45) is 5.92 Å². The maximum absolute atomic E-state index is 11.2. The van der Waals surface area contributed by atoms with Crippen LogP contribution in [0.5, 0.6) is 17.2 Å². The lowest BCUT2D eigenvalue weighted by Gasteiger charge is -2.33. The first-order chi connectivity index (χ1) is 17.1. The van der Waals surface area contributed by atoms with Crippen molar-refractivity contribution in [1.82, 2.24) is 4.90 Å². The Balaban J connectivity index is 2.13. The molecule has 0 saturated heterocycles. The van der Waals surface area contributed by atoms with Gasteiger partial charge in [-0.25, -0.2) is 4.79 Å². The van der Waals surface area contributed by atoms with E-state index >= 15 is 0 Å². The van der Waals surface area contributed by atoms with Crippen LogP contribution in [0.4, 0.5) is 0 Å². The van der Waals surface area contributed by atoms with Gasteiger partial charge in [-0.1, -0.05) is 32.0 Å². The van der Waals surface area contributed by atoms with Crippen LogP contribution in [0.2, 0.25) is 0 Å². The van der Waals surface area contributed by atoms with Gasteiger partial charge in [0, 0.05) is 13.2 Å². The number of hydrogen-bond acceptors (Lipinski definition) is 7. The number of rotatable bonds is 14. The molecule has 3 unspecified atom stereocenters. The van der Waals surface area contributed by atoms with E-state index < -0.39 is 17.7 Å². The molecule has 0 bridgehead atoms. The molecule has 2 rings (SSSR count). The molecular formula is C28H38N2O6. The van der Waals surface area contributed by atoms with Crippen molar-refractivity contribution in [3.63, 3.8) is 0 Å². The summed E-state index contributed by atoms with van der Waals surface area (Å²) in [6, 6.07) is 15.7. The molecule has 196 valence electrons. The number of nitriles is 1. The van der Waals surface area contributed by atoms with Crippen LogP contribution in [-0.2, 0) is 14.9 Å². The van der Waals surface area contributed by atoms with E-state index in [1.165, 1.54) is 7.11 Å². The molecule has 8 nitrogen and oxygen atoms in total. The highest BCUT2D eigenvalue weighted by atomic mass is 16.7. The van der Waals surface area contributed by atoms with Gasteiger partial charge < -0.3 is 24.1 Å². The molecule has 2 aromatic rings. The number of carboxylic acids is 1. The minimum atomic E-state index is -1.36. The van der Waals surface area contributed by atoms with Crippen molar-refractivity contribution >= 4 is 5.97 Å². The highest BCUT2D eigenvalue weighted by molar-refractivity contribution is 5.71. The fourth-order valence-corrected chi connectivity index (χ4v) is 4.36. The third kappa shape index (κ3) is 6.68. The summed E-state index contributed by atoms with van der Waals surface area (Å²) in [6.07, 6.45) is 0.132. The number of nitrogens with zero attached hydrogens (tertiary/aromatic N) is 2. The topological polar surface area (TPSA) is 101 Å². The first-order valence-corrected chi connectivity index (χ1v) is 12.0. The Bertz CT molecular complexity index is 1050. The maximum Gasteiger partial charge on any atom is 0.373 e. The quantitative estimate of drug-likeness (QED) is 0.362. The Morgan fingerprint density at radius 1 is 1.08 bits per heavy atom. The number of aliphatic carboxylic acids is 1. The Kier molecular flexibility index (Phi) is 10.6. The number of ether oxygens (including phenoxy) is 4. The second kappa shape index (κ2) is 13.1. The fourth-order valence-electron chi connectivity index (χ4n) is 4.36. The van der Waals surface area contributed by atoms with E-state index in [1.807, 2.05) is 43.4 Å². The summed E-state index contributed by atoms with van der Waals surface area (Å²) in [6.45, 7) is 6.99. The average Bonchev–Trinajstić information content (AvgIpc) is 2.88. The largest absolute Gasteiger partial charge is 0.493 e. The molecule has 0 radical (unpaired) electrons. The third-order valence-corrected chi connectivity index (χ3v) is 6.83. The molecule has 36 heavy (non-hydrogen) atoms. The molecule has 1 N–H and O–H groups in total. The van der Waals surface area contributed by atoms with Gasteiger partial charge in [0.1, 0.15) is 5.75 Å². The molecule has 0 aliphatic rings. The number of carbonyl (C=O) groups is 1. The standard InChI is InChI=1S/C28H38N2O6/c1-19(2)28(18-29,22-12-13-24(33-5)25(17-22)34-6)14-9-15-30(4)20(3)21-10-8-11-23(16-21)36-27(35-7)26(31)32/h8,10-13,16-17,19-20,27H,9,14-15H2,1-7H3,(H,31,32). The van der Waals surface area contributed by atoms with Crippen LogP contribution >= 0.6 is 0 Å². The summed E-state index contributed by atoms with van der Waals surface area (Å²) in [4.78, 5) is 13.4. The lowest BCUT2D eigenvalue weighted by Crippen LogP contribution is -2.32. The van der Waals surface area contributed by atoms with Gasteiger partial charge in [-0.3, -0.25) is 4.90 Å². The predicted molar refractivity (Wildman–Crippen MR) is 137 cm³/mol. The van der Waals surface area contributed by atoms with Crippen molar-refractivity contribution in [2.75, 3.05) is 34.9 Å². The summed E-state index contributed by atoms with van der Waals surface area (Å²) >= 11 is 0. The zero-order chi connectivity index (χ0) is 26.9. The molecule has 0 aromatic heterocycles. The van der Waals surface area contributed by atoms with Crippen LogP contribution in [0.1, 0.15) is 50.8 Å². The second-order valence-corrected chi connectivity index (χ2v) is 9.16. The van der Waals surface area contributed by atoms with Crippen LogP contribution in [-0.4, -0.2) is 57.2 Å². The Morgan fingerprint density at radius 3 is 2.33 bits per heavy atom. The summed E-state index contributed by atoms with van der Waals surface area (Å²) < 4.78 is 21.2. The van der Waals surface area contributed by atoms with E-state index in [0.717, 1.165) is 24.1 Å². The minimum Gasteiger partial charge on any atom is -0.493 e. The summed E-state index contributed by atoms with van der Waals surface area (Å²) in [5.74, 6) is 0.589. The lowest BCUT2D eigenvalue weighted by molar-refractivity contribution is -0.166. The van der Waals surface area contributed by atoms with Crippen molar-refractivity contribution in [3.8, 4) is 23.3 Å². The molecular weight excluding hydrogens is 460 g/mol. The van der Waals surface area contributed by atoms with E-state index in [0.29, 0.717) is 23.7 Å². The van der Waals surface area contributed by atoms with Crippen LogP contribution in [0.3, 0.4) is 0 Å². The molecule has 3 atom stereocenters. The Morgan fingerprint density at radius 2 is 1.78 bits per heavy atom. The number of methoxy groups -OCH3 is 3. The SMILES string of the molecule is COc1ccc(C(C#N)(CCCN(C)C(C)c2cccc(OC(OC)C(=O)O)c2)C(C)C)cc1OC. The molecule has 0 heterocycles. The number of carboxylic acid groups (broad SMARTS) is 1. The van der Waals surface area contributed by atoms with Gasteiger partial charge >= 0.3 is 5.97 Å². The van der Waals surface area contributed by atoms with E-state index in [2.05, 4.69) is 31.7 Å². The molecule has 0 spiro atoms. The lowest BCUT2D eigenvalue weighted by atomic mass is 9.69. The van der Waals surface area contributed by atoms with Gasteiger partial charge in [-0.2, -0.15) is 5.26 Å². The highest BCUT2D eigenvalue weighted by Crippen LogP contribution is 2.40. The van der Waals surface area contributed by atoms with Crippen molar-refractivity contribution in [3.05, 3.63) is 53.6 Å². The van der Waals surface area contributed by atoms with Crippen molar-refractivity contribution in [1.29, 1.82) is 5.26 Å². The van der Waals surface area contributed by atoms with Crippen molar-refractivity contribution in [2.45, 2.75) is 51.4 Å². The minimum absolute atomic E-state index is 0.0518. The first-order valence-electron chi connectivity index (χ1n) is 12.0. The van der Waals surface area contributed by atoms with E-state index in [9.17, 15) is 10.1 Å². The normalized spacial score (nSPS) is 14.6. The van der Waals surface area contributed by atoms with Gasteiger partial charge in [0.15, 0.2) is 11.5 Å². The summed E-state index contributed by atoms with van der Waals surface area (Å²) in [7, 11) is 6.52. The summed E-state index contributed by atoms with van der Waals surface area (Å²) in [5.41, 5.74) is 1.25. The first kappa shape index (κ1) is 29.0. The van der Waals surface area contributed by atoms with Crippen molar-refractivity contribution < 1.29 is 28.8 Å². The van der Waals surface area contributed by atoms with Crippen LogP contribution in [0, 0.1) is 17.2 Å². The van der Waals surface area contributed by atoms with E-state index in [4.69, 9.17) is 24.1 Å². The zero-order valence-electron chi connectivity index (χ0n) is 22.3. The highest BCUT2D eigenvalue weighted by Gasteiger charge is 2.36. The van der Waals surface area contributed by atoms with Gasteiger partial charge in [0.25, 0.3) is 6.29 Å². The maximum atomic E-state index is 11.2. The smallest absolute Gasteiger partial charge is 0.373 e. The zero-order valence-corrected chi connectivity index (χ0v) is 22.3. The Hall–Kier alpha value is -3.28. The van der Waals surface area contributed by atoms with Crippen LogP contribution < -0.4 is 14.2 Å². The molecule has 0 aliphatic heterocycles. The van der Waals surface area contributed by atoms with Gasteiger partial charge in [0.05, 0.1) is 25.7 Å². The van der Waals surface area contributed by atoms with Gasteiger partial charge in [0.2, 0.25) is 0 Å². The van der Waals surface area contributed by atoms with Crippen LogP contribution in [0.25, 0.3) is 0 Å². The second-order valence-electron chi connectivity index (χ2n) is 9.16. The van der Waals surface area contributed by atoms with E-state index in [-0.39, 0.29) is 12.0 Å². The fraction of sp³-hybridized carbons (Fsp3) is 0.500. The molecule has 0 fully saturated rings. The average molecular weight is 499 g/mol. The number of benzene rings is 2. The third-order valence-electron chi connectivity index (χ3n) is 6.83. The van der Waals surface area contributed by atoms with Gasteiger partial charge in [-0.15, -0.1) is 0 Å². The molecule has 2 aromatic carbocycles. The monoisotopic (exact) mass is 498 g/mol. The van der Waals surface area contributed by atoms with E-state index in [1.54, 1.807) is 20.3 Å². The molecule has 8 heteroatoms. The molecule has 0 saturated carbocycles. The summed E-state index contributed by atoms with van der Waals surface area (Å²) in [5, 5.41) is 19.5. The molecule has 0 amide bonds. The predicted octanol–water partition coefficient (Wildman–Crippen LogP) is 5.03. The van der Waals surface area contributed by atoms with Crippen LogP contribution in [0.15, 0.2) is 42.5 Å². The molecule has 0 aliphatic carbocycles.